The number of ether oxygens (including phenoxy) is 2. The highest BCUT2D eigenvalue weighted by molar-refractivity contribution is 5.79. The lowest BCUT2D eigenvalue weighted by atomic mass is 9.74. The third-order valence-corrected chi connectivity index (χ3v) is 6.22. The van der Waals surface area contributed by atoms with Crippen molar-refractivity contribution in [2.24, 2.45) is 4.99 Å². The van der Waals surface area contributed by atoms with Crippen LogP contribution in [0.3, 0.4) is 0 Å². The fourth-order valence-corrected chi connectivity index (χ4v) is 4.04. The first-order valence-electron chi connectivity index (χ1n) is 10.7. The number of hydrogen-bond acceptors (Lipinski definition) is 3. The maximum Gasteiger partial charge on any atom is 0.191 e. The first-order valence-corrected chi connectivity index (χ1v) is 10.7. The molecule has 1 aliphatic heterocycles. The highest BCUT2D eigenvalue weighted by Crippen LogP contribution is 2.35. The highest BCUT2D eigenvalue weighted by Gasteiger charge is 2.34. The molecule has 0 radical (unpaired) electrons. The molecule has 0 saturated carbocycles. The molecule has 0 aromatic heterocycles. The van der Waals surface area contributed by atoms with Gasteiger partial charge in [-0.3, -0.25) is 4.99 Å². The minimum absolute atomic E-state index is 0.00519. The van der Waals surface area contributed by atoms with E-state index in [-0.39, 0.29) is 10.8 Å². The highest BCUT2D eigenvalue weighted by atomic mass is 16.5. The molecule has 0 bridgehead atoms. The Balaban J connectivity index is 1.66. The molecule has 0 amide bonds. The van der Waals surface area contributed by atoms with Gasteiger partial charge in [0.25, 0.3) is 0 Å². The summed E-state index contributed by atoms with van der Waals surface area (Å²) in [5.41, 5.74) is 2.66. The van der Waals surface area contributed by atoms with Gasteiger partial charge >= 0.3 is 0 Å². The first kappa shape index (κ1) is 22.2. The van der Waals surface area contributed by atoms with Crippen molar-refractivity contribution >= 4 is 5.96 Å². The van der Waals surface area contributed by atoms with E-state index in [0.29, 0.717) is 0 Å². The molecule has 5 nitrogen and oxygen atoms in total. The average Bonchev–Trinajstić information content (AvgIpc) is 2.80. The fourth-order valence-electron chi connectivity index (χ4n) is 4.04. The third-order valence-electron chi connectivity index (χ3n) is 6.22. The molecular formula is C25H35N3O2. The molecule has 1 saturated heterocycles. The largest absolute Gasteiger partial charge is 0.497 e. The van der Waals surface area contributed by atoms with Crippen LogP contribution in [0.25, 0.3) is 0 Å². The van der Waals surface area contributed by atoms with Gasteiger partial charge in [0, 0.05) is 44.2 Å². The van der Waals surface area contributed by atoms with Crippen molar-refractivity contribution in [1.29, 1.82) is 0 Å². The van der Waals surface area contributed by atoms with Crippen molar-refractivity contribution in [3.05, 3.63) is 65.7 Å². The summed E-state index contributed by atoms with van der Waals surface area (Å²) >= 11 is 0. The lowest BCUT2D eigenvalue weighted by Crippen LogP contribution is -2.49. The van der Waals surface area contributed by atoms with Crippen molar-refractivity contribution in [1.82, 2.24) is 10.6 Å². The summed E-state index contributed by atoms with van der Waals surface area (Å²) in [5.74, 6) is 1.72. The van der Waals surface area contributed by atoms with Crippen LogP contribution >= 0.6 is 0 Å². The second-order valence-electron chi connectivity index (χ2n) is 8.65. The summed E-state index contributed by atoms with van der Waals surface area (Å²) < 4.78 is 11.0. The van der Waals surface area contributed by atoms with Crippen LogP contribution in [0, 0.1) is 0 Å². The minimum atomic E-state index is 0.00519. The third kappa shape index (κ3) is 5.33. The van der Waals surface area contributed by atoms with Crippen LogP contribution in [0.4, 0.5) is 0 Å². The number of benzene rings is 2. The van der Waals surface area contributed by atoms with Gasteiger partial charge in [-0.25, -0.2) is 0 Å². The Labute approximate surface area is 180 Å². The molecule has 30 heavy (non-hydrogen) atoms. The zero-order valence-electron chi connectivity index (χ0n) is 18.7. The lowest BCUT2D eigenvalue weighted by molar-refractivity contribution is 0.0513. The predicted octanol–water partition coefficient (Wildman–Crippen LogP) is 3.89. The number of aliphatic imine (C=N–C) groups is 1. The smallest absolute Gasteiger partial charge is 0.191 e. The summed E-state index contributed by atoms with van der Waals surface area (Å²) in [5, 5.41) is 7.11. The Morgan fingerprint density at radius 1 is 1.03 bits per heavy atom. The van der Waals surface area contributed by atoms with E-state index in [4.69, 9.17) is 9.47 Å². The van der Waals surface area contributed by atoms with Gasteiger partial charge in [0.1, 0.15) is 5.75 Å². The van der Waals surface area contributed by atoms with Crippen LogP contribution in [0.15, 0.2) is 59.6 Å². The molecule has 0 aliphatic carbocycles. The molecule has 0 spiro atoms. The Morgan fingerprint density at radius 3 is 2.30 bits per heavy atom. The van der Waals surface area contributed by atoms with Crippen LogP contribution in [0.2, 0.25) is 0 Å². The molecule has 2 N–H and O–H groups in total. The summed E-state index contributed by atoms with van der Waals surface area (Å²) in [6.07, 6.45) is 1.97. The standard InChI is InChI=1S/C25H35N3O2/c1-24(2,20-8-6-5-7-9-20)18-27-23(26-3)28-19-25(14-16-30-17-15-25)21-10-12-22(29-4)13-11-21/h5-13H,14-19H2,1-4H3,(H2,26,27,28). The van der Waals surface area contributed by atoms with Crippen molar-refractivity contribution in [2.75, 3.05) is 40.5 Å². The molecule has 2 aromatic carbocycles. The molecule has 1 aliphatic rings. The number of nitrogens with one attached hydrogen (secondary N) is 2. The van der Waals surface area contributed by atoms with Gasteiger partial charge in [-0.2, -0.15) is 0 Å². The summed E-state index contributed by atoms with van der Waals surface area (Å²) in [4.78, 5) is 4.46. The molecule has 1 heterocycles. The molecule has 5 heteroatoms. The molecule has 0 unspecified atom stereocenters. The van der Waals surface area contributed by atoms with E-state index in [1.807, 2.05) is 19.2 Å². The van der Waals surface area contributed by atoms with Gasteiger partial charge in [0.15, 0.2) is 5.96 Å². The Hall–Kier alpha value is -2.53. The van der Waals surface area contributed by atoms with Crippen LogP contribution in [0.5, 0.6) is 5.75 Å². The Bertz CT molecular complexity index is 810. The predicted molar refractivity (Wildman–Crippen MR) is 124 cm³/mol. The number of hydrogen-bond donors (Lipinski definition) is 2. The number of methoxy groups -OCH3 is 1. The maximum atomic E-state index is 5.67. The van der Waals surface area contributed by atoms with E-state index in [9.17, 15) is 0 Å². The van der Waals surface area contributed by atoms with Gasteiger partial charge in [-0.1, -0.05) is 56.3 Å². The molecule has 0 atom stereocenters. The van der Waals surface area contributed by atoms with Gasteiger partial charge in [-0.15, -0.1) is 0 Å². The molecular weight excluding hydrogens is 374 g/mol. The minimum Gasteiger partial charge on any atom is -0.497 e. The summed E-state index contributed by atoms with van der Waals surface area (Å²) in [6.45, 7) is 7.67. The van der Waals surface area contributed by atoms with Crippen molar-refractivity contribution in [2.45, 2.75) is 37.5 Å². The van der Waals surface area contributed by atoms with Gasteiger partial charge in [0.05, 0.1) is 7.11 Å². The molecule has 2 aromatic rings. The molecule has 3 rings (SSSR count). The Morgan fingerprint density at radius 2 is 1.70 bits per heavy atom. The van der Waals surface area contributed by atoms with Gasteiger partial charge in [-0.05, 0) is 36.1 Å². The Kier molecular flexibility index (Phi) is 7.38. The average molecular weight is 410 g/mol. The number of nitrogens with zero attached hydrogens (tertiary/aromatic N) is 1. The van der Waals surface area contributed by atoms with Crippen LogP contribution < -0.4 is 15.4 Å². The molecule has 1 fully saturated rings. The maximum absolute atomic E-state index is 5.67. The van der Waals surface area contributed by atoms with Crippen molar-refractivity contribution in [3.63, 3.8) is 0 Å². The van der Waals surface area contributed by atoms with Crippen LogP contribution in [0.1, 0.15) is 37.8 Å². The van der Waals surface area contributed by atoms with Crippen molar-refractivity contribution in [3.8, 4) is 5.75 Å². The van der Waals surface area contributed by atoms with E-state index in [1.54, 1.807) is 7.11 Å². The monoisotopic (exact) mass is 409 g/mol. The first-order chi connectivity index (χ1) is 14.5. The van der Waals surface area contributed by atoms with Crippen LogP contribution in [-0.4, -0.2) is 46.4 Å². The normalized spacial score (nSPS) is 16.7. The summed E-state index contributed by atoms with van der Waals surface area (Å²) in [6, 6.07) is 19.0. The van der Waals surface area contributed by atoms with Crippen molar-refractivity contribution < 1.29 is 9.47 Å². The second-order valence-corrected chi connectivity index (χ2v) is 8.65. The molecule has 162 valence electrons. The second kappa shape index (κ2) is 9.98. The fraction of sp³-hybridized carbons (Fsp3) is 0.480. The van der Waals surface area contributed by atoms with E-state index < -0.39 is 0 Å². The van der Waals surface area contributed by atoms with E-state index in [0.717, 1.165) is 50.9 Å². The topological polar surface area (TPSA) is 54.9 Å². The van der Waals surface area contributed by atoms with Gasteiger partial charge in [0.2, 0.25) is 0 Å². The zero-order chi connectivity index (χ0) is 21.5. The van der Waals surface area contributed by atoms with Gasteiger partial charge < -0.3 is 20.1 Å². The lowest BCUT2D eigenvalue weighted by Gasteiger charge is -2.38. The SMILES string of the molecule is CN=C(NCC(C)(C)c1ccccc1)NCC1(c2ccc(OC)cc2)CCOCC1. The number of rotatable bonds is 7. The summed E-state index contributed by atoms with van der Waals surface area (Å²) in [7, 11) is 3.53. The zero-order valence-corrected chi connectivity index (χ0v) is 18.7. The van der Waals surface area contributed by atoms with Crippen LogP contribution in [-0.2, 0) is 15.6 Å². The van der Waals surface area contributed by atoms with E-state index in [1.165, 1.54) is 11.1 Å². The number of guanidine groups is 1. The van der Waals surface area contributed by atoms with E-state index in [2.05, 4.69) is 71.9 Å². The van der Waals surface area contributed by atoms with E-state index >= 15 is 0 Å². The quantitative estimate of drug-likeness (QED) is 0.538.